The lowest BCUT2D eigenvalue weighted by atomic mass is 10.1. The van der Waals surface area contributed by atoms with Crippen molar-refractivity contribution in [2.45, 2.75) is 19.9 Å². The van der Waals surface area contributed by atoms with Crippen molar-refractivity contribution >= 4 is 5.84 Å². The standard InChI is InChI=1S/C15H23FN4O/c1-2-5-19-6-8-20(9-7-19)11-13-4-3-12(10-14(13)16)15(17)18-21/h3-4,10,21H,2,5-9,11H2,1H3,(H2,17,18). The Balaban J connectivity index is 1.95. The van der Waals surface area contributed by atoms with E-state index in [1.54, 1.807) is 12.1 Å². The topological polar surface area (TPSA) is 65.1 Å². The number of amidine groups is 1. The van der Waals surface area contributed by atoms with E-state index in [4.69, 9.17) is 10.9 Å². The molecule has 1 aliphatic heterocycles. The molecule has 116 valence electrons. The van der Waals surface area contributed by atoms with Gasteiger partial charge in [0, 0.05) is 43.9 Å². The molecule has 0 unspecified atom stereocenters. The minimum Gasteiger partial charge on any atom is -0.409 e. The van der Waals surface area contributed by atoms with Gasteiger partial charge in [0.25, 0.3) is 0 Å². The summed E-state index contributed by atoms with van der Waals surface area (Å²) in [6, 6.07) is 4.71. The highest BCUT2D eigenvalue weighted by atomic mass is 19.1. The highest BCUT2D eigenvalue weighted by Crippen LogP contribution is 2.14. The zero-order chi connectivity index (χ0) is 15.2. The number of piperazine rings is 1. The fourth-order valence-electron chi connectivity index (χ4n) is 2.62. The van der Waals surface area contributed by atoms with Gasteiger partial charge in [-0.15, -0.1) is 0 Å². The summed E-state index contributed by atoms with van der Waals surface area (Å²) in [6.45, 7) is 7.92. The third kappa shape index (κ3) is 4.15. The molecule has 0 radical (unpaired) electrons. The van der Waals surface area contributed by atoms with Crippen LogP contribution >= 0.6 is 0 Å². The summed E-state index contributed by atoms with van der Waals surface area (Å²) in [7, 11) is 0. The monoisotopic (exact) mass is 294 g/mol. The lowest BCUT2D eigenvalue weighted by Crippen LogP contribution is -2.46. The Morgan fingerprint density at radius 3 is 2.52 bits per heavy atom. The number of halogens is 1. The van der Waals surface area contributed by atoms with Gasteiger partial charge >= 0.3 is 0 Å². The molecule has 1 aliphatic rings. The molecule has 21 heavy (non-hydrogen) atoms. The minimum absolute atomic E-state index is 0.0753. The van der Waals surface area contributed by atoms with E-state index in [1.807, 2.05) is 0 Å². The quantitative estimate of drug-likeness (QED) is 0.373. The van der Waals surface area contributed by atoms with Gasteiger partial charge in [0.1, 0.15) is 5.82 Å². The normalized spacial score (nSPS) is 18.1. The minimum atomic E-state index is -0.310. The second kappa shape index (κ2) is 7.38. The summed E-state index contributed by atoms with van der Waals surface area (Å²) in [4.78, 5) is 4.70. The average molecular weight is 294 g/mol. The van der Waals surface area contributed by atoms with Crippen molar-refractivity contribution in [3.05, 3.63) is 35.1 Å². The molecular formula is C15H23FN4O. The van der Waals surface area contributed by atoms with Crippen LogP contribution in [-0.2, 0) is 6.54 Å². The number of nitrogens with zero attached hydrogens (tertiary/aromatic N) is 3. The Labute approximate surface area is 124 Å². The van der Waals surface area contributed by atoms with Gasteiger partial charge in [-0.2, -0.15) is 0 Å². The first kappa shape index (κ1) is 15.7. The van der Waals surface area contributed by atoms with Crippen molar-refractivity contribution in [2.24, 2.45) is 10.9 Å². The molecule has 6 heteroatoms. The van der Waals surface area contributed by atoms with Crippen molar-refractivity contribution in [1.29, 1.82) is 0 Å². The molecule has 1 aromatic rings. The first-order valence-electron chi connectivity index (χ1n) is 7.35. The van der Waals surface area contributed by atoms with Crippen LogP contribution in [0.2, 0.25) is 0 Å². The molecule has 0 bridgehead atoms. The molecule has 0 aliphatic carbocycles. The Morgan fingerprint density at radius 2 is 1.95 bits per heavy atom. The van der Waals surface area contributed by atoms with Crippen LogP contribution in [-0.4, -0.2) is 53.6 Å². The van der Waals surface area contributed by atoms with Gasteiger partial charge in [0.2, 0.25) is 0 Å². The first-order valence-corrected chi connectivity index (χ1v) is 7.35. The Kier molecular flexibility index (Phi) is 5.52. The summed E-state index contributed by atoms with van der Waals surface area (Å²) >= 11 is 0. The number of oxime groups is 1. The van der Waals surface area contributed by atoms with E-state index in [0.717, 1.165) is 32.7 Å². The fourth-order valence-corrected chi connectivity index (χ4v) is 2.62. The van der Waals surface area contributed by atoms with E-state index in [-0.39, 0.29) is 11.7 Å². The third-order valence-corrected chi connectivity index (χ3v) is 3.86. The predicted molar refractivity (Wildman–Crippen MR) is 80.9 cm³/mol. The van der Waals surface area contributed by atoms with Crippen LogP contribution in [0.15, 0.2) is 23.4 Å². The van der Waals surface area contributed by atoms with Crippen LogP contribution in [0.1, 0.15) is 24.5 Å². The molecule has 0 amide bonds. The van der Waals surface area contributed by atoms with Crippen LogP contribution in [0.3, 0.4) is 0 Å². The van der Waals surface area contributed by atoms with Crippen molar-refractivity contribution in [3.63, 3.8) is 0 Å². The van der Waals surface area contributed by atoms with E-state index in [9.17, 15) is 4.39 Å². The van der Waals surface area contributed by atoms with Crippen molar-refractivity contribution in [3.8, 4) is 0 Å². The van der Waals surface area contributed by atoms with Crippen LogP contribution < -0.4 is 5.73 Å². The van der Waals surface area contributed by atoms with Crippen molar-refractivity contribution < 1.29 is 9.60 Å². The SMILES string of the molecule is CCCN1CCN(Cc2ccc(/C(N)=N/O)cc2F)CC1. The van der Waals surface area contributed by atoms with E-state index in [1.165, 1.54) is 12.5 Å². The average Bonchev–Trinajstić information content (AvgIpc) is 2.50. The van der Waals surface area contributed by atoms with Crippen LogP contribution in [0.4, 0.5) is 4.39 Å². The molecule has 0 spiro atoms. The number of hydrogen-bond acceptors (Lipinski definition) is 4. The Hall–Kier alpha value is -1.66. The van der Waals surface area contributed by atoms with Gasteiger partial charge in [0.05, 0.1) is 0 Å². The summed E-state index contributed by atoms with van der Waals surface area (Å²) in [5.74, 6) is -0.385. The van der Waals surface area contributed by atoms with E-state index in [2.05, 4.69) is 21.9 Å². The first-order chi connectivity index (χ1) is 10.1. The van der Waals surface area contributed by atoms with Gasteiger partial charge in [-0.1, -0.05) is 24.2 Å². The summed E-state index contributed by atoms with van der Waals surface area (Å²) in [5.41, 5.74) is 6.50. The van der Waals surface area contributed by atoms with Gasteiger partial charge in [-0.25, -0.2) is 4.39 Å². The maximum atomic E-state index is 14.1. The highest BCUT2D eigenvalue weighted by Gasteiger charge is 2.17. The second-order valence-corrected chi connectivity index (χ2v) is 5.41. The van der Waals surface area contributed by atoms with Crippen LogP contribution in [0.5, 0.6) is 0 Å². The fraction of sp³-hybridized carbons (Fsp3) is 0.533. The van der Waals surface area contributed by atoms with E-state index in [0.29, 0.717) is 17.7 Å². The van der Waals surface area contributed by atoms with E-state index >= 15 is 0 Å². The Morgan fingerprint density at radius 1 is 1.29 bits per heavy atom. The Bertz CT molecular complexity index is 498. The number of nitrogens with two attached hydrogens (primary N) is 1. The van der Waals surface area contributed by atoms with Gasteiger partial charge < -0.3 is 15.8 Å². The zero-order valence-electron chi connectivity index (χ0n) is 12.4. The molecule has 1 aromatic carbocycles. The van der Waals surface area contributed by atoms with Gasteiger partial charge in [-0.05, 0) is 19.0 Å². The molecule has 1 heterocycles. The second-order valence-electron chi connectivity index (χ2n) is 5.41. The molecule has 2 rings (SSSR count). The summed E-state index contributed by atoms with van der Waals surface area (Å²) in [6.07, 6.45) is 1.17. The van der Waals surface area contributed by atoms with Crippen molar-refractivity contribution in [2.75, 3.05) is 32.7 Å². The van der Waals surface area contributed by atoms with Gasteiger partial charge in [0.15, 0.2) is 5.84 Å². The molecule has 1 saturated heterocycles. The third-order valence-electron chi connectivity index (χ3n) is 3.86. The zero-order valence-corrected chi connectivity index (χ0v) is 12.4. The number of rotatable bonds is 5. The molecule has 5 nitrogen and oxygen atoms in total. The number of benzene rings is 1. The van der Waals surface area contributed by atoms with Gasteiger partial charge in [-0.3, -0.25) is 4.90 Å². The molecule has 3 N–H and O–H groups in total. The number of hydrogen-bond donors (Lipinski definition) is 2. The molecule has 0 atom stereocenters. The van der Waals surface area contributed by atoms with Crippen LogP contribution in [0, 0.1) is 5.82 Å². The lowest BCUT2D eigenvalue weighted by Gasteiger charge is -2.34. The molecular weight excluding hydrogens is 271 g/mol. The predicted octanol–water partition coefficient (Wildman–Crippen LogP) is 1.45. The maximum Gasteiger partial charge on any atom is 0.170 e. The smallest absolute Gasteiger partial charge is 0.170 e. The lowest BCUT2D eigenvalue weighted by molar-refractivity contribution is 0.126. The summed E-state index contributed by atoms with van der Waals surface area (Å²) in [5, 5.41) is 11.5. The van der Waals surface area contributed by atoms with Crippen LogP contribution in [0.25, 0.3) is 0 Å². The highest BCUT2D eigenvalue weighted by molar-refractivity contribution is 5.97. The van der Waals surface area contributed by atoms with E-state index < -0.39 is 0 Å². The largest absolute Gasteiger partial charge is 0.409 e. The molecule has 1 fully saturated rings. The van der Waals surface area contributed by atoms with Crippen molar-refractivity contribution in [1.82, 2.24) is 9.80 Å². The molecule has 0 aromatic heterocycles. The summed E-state index contributed by atoms with van der Waals surface area (Å²) < 4.78 is 14.1. The molecule has 0 saturated carbocycles. The maximum absolute atomic E-state index is 14.1.